The maximum Gasteiger partial charge on any atom is 0.339 e. The van der Waals surface area contributed by atoms with E-state index in [1.54, 1.807) is 23.2 Å². The maximum atomic E-state index is 11.8. The molecular formula is C13H14N2O3. The fourth-order valence-electron chi connectivity index (χ4n) is 1.95. The van der Waals surface area contributed by atoms with Crippen LogP contribution in [-0.4, -0.2) is 30.5 Å². The van der Waals surface area contributed by atoms with Crippen LogP contribution in [0.3, 0.4) is 0 Å². The van der Waals surface area contributed by atoms with Gasteiger partial charge in [-0.2, -0.15) is 0 Å². The van der Waals surface area contributed by atoms with E-state index in [0.29, 0.717) is 24.2 Å². The molecule has 1 aliphatic heterocycles. The summed E-state index contributed by atoms with van der Waals surface area (Å²) in [5, 5.41) is 0. The number of hydrogen-bond donors (Lipinski definition) is 0. The lowest BCUT2D eigenvalue weighted by molar-refractivity contribution is -0.117. The van der Waals surface area contributed by atoms with E-state index in [0.717, 1.165) is 0 Å². The zero-order valence-corrected chi connectivity index (χ0v) is 10.1. The van der Waals surface area contributed by atoms with Gasteiger partial charge in [0.25, 0.3) is 0 Å². The Labute approximate surface area is 105 Å². The number of esters is 1. The first-order valence-electron chi connectivity index (χ1n) is 5.62. The van der Waals surface area contributed by atoms with E-state index < -0.39 is 5.97 Å². The fraction of sp³-hybridized carbons (Fsp3) is 0.308. The van der Waals surface area contributed by atoms with Crippen LogP contribution in [-0.2, 0) is 9.53 Å². The lowest BCUT2D eigenvalue weighted by atomic mass is 10.1. The Kier molecular flexibility index (Phi) is 3.41. The van der Waals surface area contributed by atoms with Crippen LogP contribution >= 0.6 is 0 Å². The average Bonchev–Trinajstić information content (AvgIpc) is 2.79. The molecule has 0 aliphatic carbocycles. The summed E-state index contributed by atoms with van der Waals surface area (Å²) in [6, 6.07) is 1.61. The second-order valence-corrected chi connectivity index (χ2v) is 4.13. The SMILES string of the molecule is C=CC1CC(=O)N(c2cncc(C(=O)OC)c2)C1. The lowest BCUT2D eigenvalue weighted by Gasteiger charge is -2.16. The van der Waals surface area contributed by atoms with Crippen LogP contribution in [0.2, 0.25) is 0 Å². The Balaban J connectivity index is 2.26. The monoisotopic (exact) mass is 246 g/mol. The third kappa shape index (κ3) is 2.25. The summed E-state index contributed by atoms with van der Waals surface area (Å²) in [6.45, 7) is 4.27. The van der Waals surface area contributed by atoms with Crippen molar-refractivity contribution in [3.05, 3.63) is 36.7 Å². The normalized spacial score (nSPS) is 18.8. The van der Waals surface area contributed by atoms with Gasteiger partial charge < -0.3 is 9.64 Å². The fourth-order valence-corrected chi connectivity index (χ4v) is 1.95. The smallest absolute Gasteiger partial charge is 0.339 e. The molecule has 1 aliphatic rings. The maximum absolute atomic E-state index is 11.8. The summed E-state index contributed by atoms with van der Waals surface area (Å²) in [6.07, 6.45) is 5.21. The first-order chi connectivity index (χ1) is 8.65. The molecule has 5 nitrogen and oxygen atoms in total. The van der Waals surface area contributed by atoms with Crippen molar-refractivity contribution in [1.82, 2.24) is 4.98 Å². The minimum atomic E-state index is -0.462. The highest BCUT2D eigenvalue weighted by molar-refractivity contribution is 5.97. The molecule has 0 radical (unpaired) electrons. The number of hydrogen-bond acceptors (Lipinski definition) is 4. The summed E-state index contributed by atoms with van der Waals surface area (Å²) in [5.74, 6) is -0.292. The second-order valence-electron chi connectivity index (χ2n) is 4.13. The van der Waals surface area contributed by atoms with Crippen LogP contribution in [0.25, 0.3) is 0 Å². The lowest BCUT2D eigenvalue weighted by Crippen LogP contribution is -2.24. The van der Waals surface area contributed by atoms with Gasteiger partial charge in [-0.3, -0.25) is 9.78 Å². The quantitative estimate of drug-likeness (QED) is 0.597. The molecule has 0 aromatic carbocycles. The van der Waals surface area contributed by atoms with Crippen molar-refractivity contribution in [2.45, 2.75) is 6.42 Å². The third-order valence-electron chi connectivity index (χ3n) is 2.94. The van der Waals surface area contributed by atoms with Gasteiger partial charge in [0.15, 0.2) is 0 Å². The number of anilines is 1. The van der Waals surface area contributed by atoms with E-state index in [1.807, 2.05) is 0 Å². The minimum absolute atomic E-state index is 0.0173. The Morgan fingerprint density at radius 1 is 1.61 bits per heavy atom. The zero-order valence-electron chi connectivity index (χ0n) is 10.1. The summed E-state index contributed by atoms with van der Waals surface area (Å²) in [4.78, 5) is 28.8. The molecule has 1 unspecified atom stereocenters. The highest BCUT2D eigenvalue weighted by Crippen LogP contribution is 2.25. The first kappa shape index (κ1) is 12.3. The van der Waals surface area contributed by atoms with Crippen molar-refractivity contribution in [2.75, 3.05) is 18.6 Å². The third-order valence-corrected chi connectivity index (χ3v) is 2.94. The van der Waals surface area contributed by atoms with Gasteiger partial charge in [0.2, 0.25) is 5.91 Å². The van der Waals surface area contributed by atoms with Gasteiger partial charge >= 0.3 is 5.97 Å². The molecule has 2 heterocycles. The van der Waals surface area contributed by atoms with Gasteiger partial charge in [-0.05, 0) is 6.07 Å². The Morgan fingerprint density at radius 3 is 3.00 bits per heavy atom. The minimum Gasteiger partial charge on any atom is -0.465 e. The Hall–Kier alpha value is -2.17. The molecule has 1 fully saturated rings. The average molecular weight is 246 g/mol. The number of amides is 1. The van der Waals surface area contributed by atoms with E-state index >= 15 is 0 Å². The van der Waals surface area contributed by atoms with Crippen LogP contribution in [0.1, 0.15) is 16.8 Å². The van der Waals surface area contributed by atoms with Crippen molar-refractivity contribution >= 4 is 17.6 Å². The summed E-state index contributed by atoms with van der Waals surface area (Å²) in [5.41, 5.74) is 0.956. The van der Waals surface area contributed by atoms with Crippen molar-refractivity contribution in [2.24, 2.45) is 5.92 Å². The molecule has 0 saturated carbocycles. The zero-order chi connectivity index (χ0) is 13.1. The summed E-state index contributed by atoms with van der Waals surface area (Å²) >= 11 is 0. The molecule has 5 heteroatoms. The van der Waals surface area contributed by atoms with E-state index in [2.05, 4.69) is 16.3 Å². The van der Waals surface area contributed by atoms with Gasteiger partial charge in [0, 0.05) is 25.1 Å². The van der Waals surface area contributed by atoms with Crippen LogP contribution < -0.4 is 4.90 Å². The van der Waals surface area contributed by atoms with Crippen LogP contribution in [0.4, 0.5) is 5.69 Å². The molecule has 1 aromatic heterocycles. The van der Waals surface area contributed by atoms with Gasteiger partial charge in [-0.25, -0.2) is 4.79 Å². The van der Waals surface area contributed by atoms with Crippen molar-refractivity contribution < 1.29 is 14.3 Å². The highest BCUT2D eigenvalue weighted by Gasteiger charge is 2.29. The van der Waals surface area contributed by atoms with Crippen LogP contribution in [0.5, 0.6) is 0 Å². The van der Waals surface area contributed by atoms with Crippen molar-refractivity contribution in [1.29, 1.82) is 0 Å². The van der Waals surface area contributed by atoms with Gasteiger partial charge in [-0.15, -0.1) is 6.58 Å². The number of rotatable bonds is 3. The summed E-state index contributed by atoms with van der Waals surface area (Å²) in [7, 11) is 1.31. The Bertz CT molecular complexity index is 499. The number of carbonyl (C=O) groups is 2. The number of nitrogens with zero attached hydrogens (tertiary/aromatic N) is 2. The standard InChI is InChI=1S/C13H14N2O3/c1-3-9-4-12(16)15(8-9)11-5-10(6-14-7-11)13(17)18-2/h3,5-7,9H,1,4,8H2,2H3. The molecular weight excluding hydrogens is 232 g/mol. The van der Waals surface area contributed by atoms with Gasteiger partial charge in [-0.1, -0.05) is 6.08 Å². The molecule has 0 bridgehead atoms. The van der Waals surface area contributed by atoms with Gasteiger partial charge in [0.05, 0.1) is 24.6 Å². The molecule has 0 N–H and O–H groups in total. The molecule has 18 heavy (non-hydrogen) atoms. The number of carbonyl (C=O) groups excluding carboxylic acids is 2. The van der Waals surface area contributed by atoms with Crippen LogP contribution in [0, 0.1) is 5.92 Å². The van der Waals surface area contributed by atoms with E-state index in [1.165, 1.54) is 13.3 Å². The van der Waals surface area contributed by atoms with E-state index in [4.69, 9.17) is 0 Å². The molecule has 1 aromatic rings. The molecule has 94 valence electrons. The number of ether oxygens (including phenoxy) is 1. The van der Waals surface area contributed by atoms with Crippen molar-refractivity contribution in [3.8, 4) is 0 Å². The number of pyridine rings is 1. The molecule has 0 spiro atoms. The van der Waals surface area contributed by atoms with E-state index in [9.17, 15) is 9.59 Å². The number of methoxy groups -OCH3 is 1. The van der Waals surface area contributed by atoms with Gasteiger partial charge in [0.1, 0.15) is 0 Å². The topological polar surface area (TPSA) is 59.5 Å². The van der Waals surface area contributed by atoms with Crippen molar-refractivity contribution in [3.63, 3.8) is 0 Å². The van der Waals surface area contributed by atoms with Crippen LogP contribution in [0.15, 0.2) is 31.1 Å². The molecule has 2 rings (SSSR count). The predicted molar refractivity (Wildman–Crippen MR) is 66.2 cm³/mol. The molecule has 1 saturated heterocycles. The molecule has 1 atom stereocenters. The number of aromatic nitrogens is 1. The summed E-state index contributed by atoms with van der Waals surface area (Å²) < 4.78 is 4.62. The Morgan fingerprint density at radius 2 is 2.39 bits per heavy atom. The highest BCUT2D eigenvalue weighted by atomic mass is 16.5. The first-order valence-corrected chi connectivity index (χ1v) is 5.62. The predicted octanol–water partition coefficient (Wildman–Crippen LogP) is 1.41. The largest absolute Gasteiger partial charge is 0.465 e. The molecule has 1 amide bonds. The van der Waals surface area contributed by atoms with E-state index in [-0.39, 0.29) is 11.8 Å². The second kappa shape index (κ2) is 5.00.